The van der Waals surface area contributed by atoms with E-state index in [-0.39, 0.29) is 5.91 Å². The maximum Gasteiger partial charge on any atom is 0.322 e. The van der Waals surface area contributed by atoms with Crippen LogP contribution in [0.1, 0.15) is 13.8 Å². The van der Waals surface area contributed by atoms with E-state index in [0.29, 0.717) is 44.1 Å². The van der Waals surface area contributed by atoms with E-state index in [2.05, 4.69) is 20.3 Å². The number of carbonyl (C=O) groups excluding carboxylic acids is 1. The Balaban J connectivity index is 2.12. The van der Waals surface area contributed by atoms with Gasteiger partial charge in [-0.1, -0.05) is 0 Å². The summed E-state index contributed by atoms with van der Waals surface area (Å²) in [5, 5.41) is 3.06. The highest BCUT2D eigenvalue weighted by molar-refractivity contribution is 5.73. The number of hydrogen-bond donors (Lipinski definition) is 1. The fourth-order valence-corrected chi connectivity index (χ4v) is 2.04. The highest BCUT2D eigenvalue weighted by atomic mass is 16.5. The summed E-state index contributed by atoms with van der Waals surface area (Å²) >= 11 is 0. The van der Waals surface area contributed by atoms with Gasteiger partial charge in [-0.05, 0) is 6.92 Å². The number of amides is 1. The quantitative estimate of drug-likeness (QED) is 0.829. The number of nitrogens with zero attached hydrogens (tertiary/aromatic N) is 5. The first-order valence-corrected chi connectivity index (χ1v) is 6.68. The van der Waals surface area contributed by atoms with Crippen molar-refractivity contribution in [2.45, 2.75) is 13.8 Å². The predicted molar refractivity (Wildman–Crippen MR) is 75.0 cm³/mol. The monoisotopic (exact) mass is 280 g/mol. The number of hydrogen-bond acceptors (Lipinski definition) is 7. The van der Waals surface area contributed by atoms with E-state index in [1.165, 1.54) is 7.11 Å². The lowest BCUT2D eigenvalue weighted by Gasteiger charge is -2.34. The second kappa shape index (κ2) is 6.36. The molecule has 0 atom stereocenters. The van der Waals surface area contributed by atoms with E-state index in [4.69, 9.17) is 4.74 Å². The first-order chi connectivity index (χ1) is 9.63. The van der Waals surface area contributed by atoms with Crippen molar-refractivity contribution in [1.29, 1.82) is 0 Å². The molecule has 0 unspecified atom stereocenters. The minimum atomic E-state index is 0.103. The largest absolute Gasteiger partial charge is 0.467 e. The van der Waals surface area contributed by atoms with Crippen molar-refractivity contribution in [2.75, 3.05) is 50.1 Å². The molecular formula is C12H20N6O2. The maximum absolute atomic E-state index is 11.3. The van der Waals surface area contributed by atoms with E-state index >= 15 is 0 Å². The zero-order chi connectivity index (χ0) is 14.5. The molecule has 1 aromatic rings. The van der Waals surface area contributed by atoms with Gasteiger partial charge < -0.3 is 19.9 Å². The summed E-state index contributed by atoms with van der Waals surface area (Å²) < 4.78 is 5.10. The minimum absolute atomic E-state index is 0.103. The van der Waals surface area contributed by atoms with Gasteiger partial charge >= 0.3 is 6.01 Å². The molecule has 0 spiro atoms. The van der Waals surface area contributed by atoms with Gasteiger partial charge in [0.25, 0.3) is 0 Å². The molecule has 0 saturated carbocycles. The fraction of sp³-hybridized carbons (Fsp3) is 0.667. The summed E-state index contributed by atoms with van der Waals surface area (Å²) in [4.78, 5) is 27.9. The Labute approximate surface area is 118 Å². The number of anilines is 2. The summed E-state index contributed by atoms with van der Waals surface area (Å²) in [5.41, 5.74) is 0. The minimum Gasteiger partial charge on any atom is -0.467 e. The number of methoxy groups -OCH3 is 1. The molecule has 0 aromatic carbocycles. The SMILES string of the molecule is CCNc1nc(OC)nc(N2CCN(C(C)=O)CC2)n1. The number of ether oxygens (including phenoxy) is 1. The van der Waals surface area contributed by atoms with Crippen LogP contribution < -0.4 is 15.0 Å². The molecule has 8 nitrogen and oxygen atoms in total. The van der Waals surface area contributed by atoms with Crippen LogP contribution in [0.5, 0.6) is 6.01 Å². The van der Waals surface area contributed by atoms with Crippen LogP contribution in [-0.2, 0) is 4.79 Å². The number of aromatic nitrogens is 3. The molecule has 20 heavy (non-hydrogen) atoms. The Morgan fingerprint density at radius 3 is 2.50 bits per heavy atom. The standard InChI is InChI=1S/C12H20N6O2/c1-4-13-10-14-11(16-12(15-10)20-3)18-7-5-17(6-8-18)9(2)19/h4-8H2,1-3H3,(H,13,14,15,16). The predicted octanol–water partition coefficient (Wildman–Crippen LogP) is -0.0195. The molecule has 1 aromatic heterocycles. The normalized spacial score (nSPS) is 15.2. The number of nitrogens with one attached hydrogen (secondary N) is 1. The molecule has 0 aliphatic carbocycles. The number of carbonyl (C=O) groups is 1. The van der Waals surface area contributed by atoms with Gasteiger partial charge in [-0.2, -0.15) is 15.0 Å². The Bertz CT molecular complexity index is 473. The van der Waals surface area contributed by atoms with Crippen LogP contribution in [0.15, 0.2) is 0 Å². The van der Waals surface area contributed by atoms with E-state index in [1.54, 1.807) is 6.92 Å². The first-order valence-electron chi connectivity index (χ1n) is 6.68. The molecule has 1 aliphatic rings. The molecule has 2 heterocycles. The molecule has 8 heteroatoms. The van der Waals surface area contributed by atoms with Crippen molar-refractivity contribution in [2.24, 2.45) is 0 Å². The third-order valence-electron chi connectivity index (χ3n) is 3.13. The topological polar surface area (TPSA) is 83.5 Å². The molecule has 1 aliphatic heterocycles. The summed E-state index contributed by atoms with van der Waals surface area (Å²) in [6.07, 6.45) is 0. The first kappa shape index (κ1) is 14.3. The van der Waals surface area contributed by atoms with E-state index < -0.39 is 0 Å². The van der Waals surface area contributed by atoms with Crippen molar-refractivity contribution in [3.05, 3.63) is 0 Å². The molecule has 1 N–H and O–H groups in total. The van der Waals surface area contributed by atoms with Gasteiger partial charge in [0.15, 0.2) is 0 Å². The Morgan fingerprint density at radius 2 is 1.95 bits per heavy atom. The molecule has 110 valence electrons. The molecule has 1 fully saturated rings. The Hall–Kier alpha value is -2.12. The molecular weight excluding hydrogens is 260 g/mol. The summed E-state index contributed by atoms with van der Waals surface area (Å²) in [7, 11) is 1.53. The lowest BCUT2D eigenvalue weighted by molar-refractivity contribution is -0.129. The van der Waals surface area contributed by atoms with Crippen molar-refractivity contribution >= 4 is 17.8 Å². The maximum atomic E-state index is 11.3. The van der Waals surface area contributed by atoms with Gasteiger partial charge in [0.1, 0.15) is 0 Å². The molecule has 1 saturated heterocycles. The summed E-state index contributed by atoms with van der Waals surface area (Å²) in [6, 6.07) is 0.292. The second-order valence-corrected chi connectivity index (χ2v) is 4.47. The van der Waals surface area contributed by atoms with Gasteiger partial charge in [-0.15, -0.1) is 0 Å². The third kappa shape index (κ3) is 3.25. The summed E-state index contributed by atoms with van der Waals surface area (Å²) in [5.74, 6) is 1.19. The number of piperazine rings is 1. The Kier molecular flexibility index (Phi) is 4.54. The van der Waals surface area contributed by atoms with Crippen LogP contribution in [0.25, 0.3) is 0 Å². The number of rotatable bonds is 4. The van der Waals surface area contributed by atoms with Crippen LogP contribution >= 0.6 is 0 Å². The van der Waals surface area contributed by atoms with Crippen LogP contribution in [0.4, 0.5) is 11.9 Å². The zero-order valence-electron chi connectivity index (χ0n) is 12.1. The van der Waals surface area contributed by atoms with Gasteiger partial charge in [-0.3, -0.25) is 4.79 Å². The Morgan fingerprint density at radius 1 is 1.25 bits per heavy atom. The van der Waals surface area contributed by atoms with Gasteiger partial charge in [-0.25, -0.2) is 0 Å². The van der Waals surface area contributed by atoms with Crippen LogP contribution in [-0.4, -0.2) is 65.6 Å². The second-order valence-electron chi connectivity index (χ2n) is 4.47. The van der Waals surface area contributed by atoms with Gasteiger partial charge in [0.2, 0.25) is 17.8 Å². The highest BCUT2D eigenvalue weighted by Gasteiger charge is 2.21. The van der Waals surface area contributed by atoms with E-state index in [1.807, 2.05) is 16.7 Å². The van der Waals surface area contributed by atoms with Gasteiger partial charge in [0.05, 0.1) is 7.11 Å². The van der Waals surface area contributed by atoms with Crippen molar-refractivity contribution in [3.63, 3.8) is 0 Å². The fourth-order valence-electron chi connectivity index (χ4n) is 2.04. The molecule has 1 amide bonds. The smallest absolute Gasteiger partial charge is 0.322 e. The zero-order valence-corrected chi connectivity index (χ0v) is 12.1. The van der Waals surface area contributed by atoms with Crippen molar-refractivity contribution < 1.29 is 9.53 Å². The van der Waals surface area contributed by atoms with Crippen LogP contribution in [0.2, 0.25) is 0 Å². The van der Waals surface area contributed by atoms with Crippen molar-refractivity contribution in [3.8, 4) is 6.01 Å². The van der Waals surface area contributed by atoms with Crippen LogP contribution in [0, 0.1) is 0 Å². The van der Waals surface area contributed by atoms with Gasteiger partial charge in [0, 0.05) is 39.6 Å². The molecule has 0 bridgehead atoms. The summed E-state index contributed by atoms with van der Waals surface area (Å²) in [6.45, 7) is 7.06. The van der Waals surface area contributed by atoms with E-state index in [0.717, 1.165) is 6.54 Å². The molecule has 2 rings (SSSR count). The van der Waals surface area contributed by atoms with Crippen LogP contribution in [0.3, 0.4) is 0 Å². The molecule has 0 radical (unpaired) electrons. The average Bonchev–Trinajstić information content (AvgIpc) is 2.47. The third-order valence-corrected chi connectivity index (χ3v) is 3.13. The van der Waals surface area contributed by atoms with E-state index in [9.17, 15) is 4.79 Å². The van der Waals surface area contributed by atoms with Crippen molar-refractivity contribution in [1.82, 2.24) is 19.9 Å². The lowest BCUT2D eigenvalue weighted by atomic mass is 10.3. The lowest BCUT2D eigenvalue weighted by Crippen LogP contribution is -2.48. The highest BCUT2D eigenvalue weighted by Crippen LogP contribution is 2.16. The average molecular weight is 280 g/mol.